The molecule has 1 N–H and O–H groups in total. The molecule has 1 aliphatic rings. The van der Waals surface area contributed by atoms with Crippen LogP contribution in [0.1, 0.15) is 45.8 Å². The Hall–Kier alpha value is -4.13. The van der Waals surface area contributed by atoms with Gasteiger partial charge in [0.1, 0.15) is 23.0 Å². The van der Waals surface area contributed by atoms with Crippen LogP contribution in [0.5, 0.6) is 0 Å². The molecule has 6 nitrogen and oxygen atoms in total. The molecule has 3 aromatic heterocycles. The summed E-state index contributed by atoms with van der Waals surface area (Å²) in [4.78, 5) is 12.8. The van der Waals surface area contributed by atoms with Gasteiger partial charge in [0.25, 0.3) is 5.91 Å². The highest BCUT2D eigenvalue weighted by atomic mass is 19.1. The van der Waals surface area contributed by atoms with Gasteiger partial charge in [-0.2, -0.15) is 0 Å². The molecule has 0 radical (unpaired) electrons. The van der Waals surface area contributed by atoms with Crippen molar-refractivity contribution in [3.8, 4) is 11.3 Å². The summed E-state index contributed by atoms with van der Waals surface area (Å²) < 4.78 is 27.0. The number of fused-ring (bicyclic) bond motifs is 1. The lowest BCUT2D eigenvalue weighted by atomic mass is 9.85. The molecule has 6 rings (SSSR count). The average Bonchev–Trinajstić information content (AvgIpc) is 3.18. The third-order valence-electron chi connectivity index (χ3n) is 6.96. The third kappa shape index (κ3) is 3.55. The fraction of sp³-hybridized carbons (Fsp3) is 0.214. The number of amides is 1. The van der Waals surface area contributed by atoms with E-state index in [9.17, 15) is 9.18 Å². The Morgan fingerprint density at radius 2 is 2.03 bits per heavy atom. The number of nitrogens with zero attached hydrogens (tertiary/aromatic N) is 2. The number of hydrogen-bond acceptors (Lipinski definition) is 4. The van der Waals surface area contributed by atoms with Crippen LogP contribution in [0, 0.1) is 12.7 Å². The number of furan rings is 1. The Labute approximate surface area is 201 Å². The van der Waals surface area contributed by atoms with Crippen molar-refractivity contribution in [2.24, 2.45) is 7.05 Å². The van der Waals surface area contributed by atoms with Crippen LogP contribution in [0.25, 0.3) is 22.2 Å². The van der Waals surface area contributed by atoms with Gasteiger partial charge in [0.15, 0.2) is 0 Å². The zero-order valence-corrected chi connectivity index (χ0v) is 19.5. The Morgan fingerprint density at radius 1 is 1.17 bits per heavy atom. The number of nitrogens with one attached hydrogen (secondary N) is 1. The molecule has 1 fully saturated rings. The van der Waals surface area contributed by atoms with Crippen LogP contribution in [-0.2, 0) is 19.0 Å². The number of hydrogen-bond donors (Lipinski definition) is 1. The molecule has 0 saturated heterocycles. The van der Waals surface area contributed by atoms with Crippen LogP contribution < -0.4 is 5.32 Å². The van der Waals surface area contributed by atoms with E-state index < -0.39 is 0 Å². The van der Waals surface area contributed by atoms with Gasteiger partial charge in [-0.15, -0.1) is 0 Å². The van der Waals surface area contributed by atoms with Crippen molar-refractivity contribution in [1.29, 1.82) is 0 Å². The molecule has 0 atom stereocenters. The van der Waals surface area contributed by atoms with Crippen LogP contribution in [0.4, 0.5) is 4.39 Å². The summed E-state index contributed by atoms with van der Waals surface area (Å²) in [5.74, 6) is 0.986. The van der Waals surface area contributed by atoms with E-state index >= 15 is 0 Å². The summed E-state index contributed by atoms with van der Waals surface area (Å²) in [5, 5.41) is 8.30. The van der Waals surface area contributed by atoms with E-state index in [0.717, 1.165) is 35.1 Å². The molecule has 0 unspecified atom stereocenters. The lowest BCUT2D eigenvalue weighted by molar-refractivity contribution is 0.0948. The van der Waals surface area contributed by atoms with E-state index in [0.29, 0.717) is 29.1 Å². The van der Waals surface area contributed by atoms with Gasteiger partial charge in [0.05, 0.1) is 12.8 Å². The van der Waals surface area contributed by atoms with Crippen molar-refractivity contribution in [2.75, 3.05) is 0 Å². The van der Waals surface area contributed by atoms with Crippen molar-refractivity contribution in [2.45, 2.75) is 31.7 Å². The molecule has 1 aliphatic carbocycles. The molecule has 1 saturated carbocycles. The van der Waals surface area contributed by atoms with Crippen molar-refractivity contribution in [1.82, 2.24) is 15.0 Å². The minimum atomic E-state index is -0.304. The summed E-state index contributed by atoms with van der Waals surface area (Å²) in [5.41, 5.74) is 4.87. The number of rotatable bonds is 6. The zero-order valence-electron chi connectivity index (χ0n) is 19.5. The highest BCUT2D eigenvalue weighted by Crippen LogP contribution is 2.58. The van der Waals surface area contributed by atoms with Gasteiger partial charge in [-0.1, -0.05) is 23.4 Å². The van der Waals surface area contributed by atoms with Gasteiger partial charge >= 0.3 is 0 Å². The minimum Gasteiger partial charge on any atom is -0.467 e. The maximum atomic E-state index is 14.0. The molecule has 1 amide bonds. The van der Waals surface area contributed by atoms with E-state index in [2.05, 4.69) is 21.2 Å². The number of benzene rings is 2. The van der Waals surface area contributed by atoms with Gasteiger partial charge in [-0.3, -0.25) is 4.79 Å². The van der Waals surface area contributed by atoms with Crippen molar-refractivity contribution >= 4 is 16.8 Å². The number of halogens is 1. The molecule has 176 valence electrons. The van der Waals surface area contributed by atoms with E-state index in [1.807, 2.05) is 44.3 Å². The fourth-order valence-corrected chi connectivity index (χ4v) is 5.14. The molecular formula is C28H24FN3O3. The zero-order chi connectivity index (χ0) is 24.2. The molecule has 2 aromatic carbocycles. The van der Waals surface area contributed by atoms with Gasteiger partial charge in [-0.25, -0.2) is 4.39 Å². The fourth-order valence-electron chi connectivity index (χ4n) is 5.14. The van der Waals surface area contributed by atoms with E-state index in [-0.39, 0.29) is 17.1 Å². The highest BCUT2D eigenvalue weighted by Gasteiger charge is 2.51. The predicted molar refractivity (Wildman–Crippen MR) is 129 cm³/mol. The van der Waals surface area contributed by atoms with E-state index in [1.165, 1.54) is 17.7 Å². The minimum absolute atomic E-state index is 0.157. The van der Waals surface area contributed by atoms with E-state index in [4.69, 9.17) is 8.94 Å². The second kappa shape index (κ2) is 7.98. The van der Waals surface area contributed by atoms with E-state index in [1.54, 1.807) is 18.4 Å². The van der Waals surface area contributed by atoms with Gasteiger partial charge < -0.3 is 18.8 Å². The first-order valence-electron chi connectivity index (χ1n) is 11.6. The molecule has 7 heteroatoms. The highest BCUT2D eigenvalue weighted by molar-refractivity contribution is 5.99. The largest absolute Gasteiger partial charge is 0.467 e. The van der Waals surface area contributed by atoms with Crippen molar-refractivity contribution in [3.05, 3.63) is 101 Å². The maximum absolute atomic E-state index is 14.0. The quantitative estimate of drug-likeness (QED) is 0.337. The van der Waals surface area contributed by atoms with Crippen LogP contribution in [0.15, 0.2) is 76.0 Å². The second-order valence-electron chi connectivity index (χ2n) is 9.20. The number of aromatic nitrogens is 2. The lowest BCUT2D eigenvalue weighted by Gasteiger charge is -2.16. The van der Waals surface area contributed by atoms with Crippen molar-refractivity contribution < 1.29 is 18.1 Å². The monoisotopic (exact) mass is 469 g/mol. The molecule has 3 heterocycles. The summed E-state index contributed by atoms with van der Waals surface area (Å²) in [6.07, 6.45) is 5.61. The first-order valence-corrected chi connectivity index (χ1v) is 11.6. The SMILES string of the molecule is Cc1onc(-c2cccc(F)c2)c1C1(c2cn(C)c3cc(C(=O)NCc4ccco4)ccc23)CC1. The number of aryl methyl sites for hydroxylation is 2. The Balaban J connectivity index is 1.38. The standard InChI is InChI=1S/C28H24FN3O3/c1-17-25(26(31-35-17)18-5-3-6-20(29)13-18)28(10-11-28)23-16-32(2)24-14-19(8-9-22(23)24)27(33)30-15-21-7-4-12-34-21/h3-9,12-14,16H,10-11,15H2,1-2H3,(H,30,33). The number of carbonyl (C=O) groups excluding carboxylic acids is 1. The topological polar surface area (TPSA) is 73.2 Å². The van der Waals surface area contributed by atoms with Crippen LogP contribution >= 0.6 is 0 Å². The molecule has 35 heavy (non-hydrogen) atoms. The van der Waals surface area contributed by atoms with Crippen LogP contribution in [0.2, 0.25) is 0 Å². The Bertz CT molecular complexity index is 1560. The normalized spacial score (nSPS) is 14.4. The molecule has 5 aromatic rings. The third-order valence-corrected chi connectivity index (χ3v) is 6.96. The molecular weight excluding hydrogens is 445 g/mol. The first kappa shape index (κ1) is 21.4. The predicted octanol–water partition coefficient (Wildman–Crippen LogP) is 5.88. The number of carbonyl (C=O) groups is 1. The lowest BCUT2D eigenvalue weighted by Crippen LogP contribution is -2.22. The van der Waals surface area contributed by atoms with Crippen LogP contribution in [-0.4, -0.2) is 15.6 Å². The summed E-state index contributed by atoms with van der Waals surface area (Å²) in [6, 6.07) is 15.9. The molecule has 0 bridgehead atoms. The Kier molecular flexibility index (Phi) is 4.88. The second-order valence-corrected chi connectivity index (χ2v) is 9.20. The van der Waals surface area contributed by atoms with Crippen molar-refractivity contribution in [3.63, 3.8) is 0 Å². The van der Waals surface area contributed by atoms with Crippen LogP contribution in [0.3, 0.4) is 0 Å². The summed E-state index contributed by atoms with van der Waals surface area (Å²) >= 11 is 0. The average molecular weight is 470 g/mol. The Morgan fingerprint density at radius 3 is 2.77 bits per heavy atom. The maximum Gasteiger partial charge on any atom is 0.251 e. The summed E-state index contributed by atoms with van der Waals surface area (Å²) in [7, 11) is 1.99. The van der Waals surface area contributed by atoms with Gasteiger partial charge in [-0.05, 0) is 61.7 Å². The van der Waals surface area contributed by atoms with Gasteiger partial charge in [0, 0.05) is 46.3 Å². The smallest absolute Gasteiger partial charge is 0.251 e. The summed E-state index contributed by atoms with van der Waals surface area (Å²) in [6.45, 7) is 2.25. The molecule has 0 aliphatic heterocycles. The first-order chi connectivity index (χ1) is 17.0. The van der Waals surface area contributed by atoms with Gasteiger partial charge in [0.2, 0.25) is 0 Å². The molecule has 0 spiro atoms.